The fraction of sp³-hybridized carbons (Fsp3) is 0.393. The van der Waals surface area contributed by atoms with E-state index in [2.05, 4.69) is 5.32 Å². The van der Waals surface area contributed by atoms with Crippen molar-refractivity contribution in [2.24, 2.45) is 5.92 Å². The topological polar surface area (TPSA) is 147 Å². The van der Waals surface area contributed by atoms with Gasteiger partial charge in [0, 0.05) is 35.6 Å². The van der Waals surface area contributed by atoms with E-state index in [1.54, 1.807) is 6.08 Å². The monoisotopic (exact) mass is 509 g/mol. The molecule has 9 nitrogen and oxygen atoms in total. The number of nitrogens with one attached hydrogen (secondary N) is 1. The largest absolute Gasteiger partial charge is 0.507 e. The third-order valence-electron chi connectivity index (χ3n) is 6.59. The van der Waals surface area contributed by atoms with Gasteiger partial charge < -0.3 is 20.3 Å². The minimum Gasteiger partial charge on any atom is -0.507 e. The highest BCUT2D eigenvalue weighted by atomic mass is 16.6. The highest BCUT2D eigenvalue weighted by Crippen LogP contribution is 2.34. The summed E-state index contributed by atoms with van der Waals surface area (Å²) < 4.78 is 5.28. The molecule has 1 aromatic carbocycles. The van der Waals surface area contributed by atoms with Crippen LogP contribution in [0.5, 0.6) is 5.75 Å². The second kappa shape index (κ2) is 11.5. The van der Waals surface area contributed by atoms with Crippen molar-refractivity contribution in [2.75, 3.05) is 0 Å². The van der Waals surface area contributed by atoms with Gasteiger partial charge in [-0.05, 0) is 51.2 Å². The zero-order valence-electron chi connectivity index (χ0n) is 21.3. The molecular weight excluding hydrogens is 478 g/mol. The molecule has 196 valence electrons. The van der Waals surface area contributed by atoms with Crippen LogP contribution in [-0.2, 0) is 14.3 Å². The van der Waals surface area contributed by atoms with Crippen LogP contribution in [0.2, 0.25) is 0 Å². The van der Waals surface area contributed by atoms with E-state index in [1.165, 1.54) is 39.0 Å². The van der Waals surface area contributed by atoms with E-state index >= 15 is 0 Å². The predicted octanol–water partition coefficient (Wildman–Crippen LogP) is 3.27. The van der Waals surface area contributed by atoms with Gasteiger partial charge in [0.15, 0.2) is 11.6 Å². The molecule has 0 unspecified atom stereocenters. The summed E-state index contributed by atoms with van der Waals surface area (Å²) in [5.41, 5.74) is -0.339. The molecule has 2 heterocycles. The fourth-order valence-corrected chi connectivity index (χ4v) is 4.19. The van der Waals surface area contributed by atoms with Gasteiger partial charge in [0.25, 0.3) is 0 Å². The number of hydrogen-bond acceptors (Lipinski definition) is 8. The normalized spacial score (nSPS) is 26.1. The highest BCUT2D eigenvalue weighted by molar-refractivity contribution is 6.28. The quantitative estimate of drug-likeness (QED) is 0.386. The maximum atomic E-state index is 13.2. The molecule has 1 amide bonds. The molecule has 3 N–H and O–H groups in total. The molecule has 0 fully saturated rings. The van der Waals surface area contributed by atoms with Gasteiger partial charge >= 0.3 is 5.97 Å². The number of allylic oxidation sites excluding steroid dienone is 3. The Labute approximate surface area is 214 Å². The summed E-state index contributed by atoms with van der Waals surface area (Å²) in [6.07, 6.45) is 4.26. The van der Waals surface area contributed by atoms with E-state index in [9.17, 15) is 34.2 Å². The number of aryl methyl sites for hydroxylation is 1. The molecular formula is C28H31NO8. The number of aliphatic hydroxyl groups is 1. The number of esters is 1. The van der Waals surface area contributed by atoms with E-state index < -0.39 is 41.4 Å². The number of benzene rings is 1. The number of ether oxygens (including phenoxy) is 1. The summed E-state index contributed by atoms with van der Waals surface area (Å²) in [6, 6.07) is 1.33. The van der Waals surface area contributed by atoms with Gasteiger partial charge in [-0.1, -0.05) is 25.2 Å². The van der Waals surface area contributed by atoms with Crippen LogP contribution in [0.15, 0.2) is 41.6 Å². The van der Waals surface area contributed by atoms with Crippen molar-refractivity contribution >= 4 is 29.2 Å². The van der Waals surface area contributed by atoms with E-state index in [0.29, 0.717) is 12.8 Å². The van der Waals surface area contributed by atoms with Crippen LogP contribution >= 0.6 is 0 Å². The molecule has 3 atom stereocenters. The molecule has 0 saturated heterocycles. The lowest BCUT2D eigenvalue weighted by atomic mass is 9.84. The van der Waals surface area contributed by atoms with Gasteiger partial charge in [-0.2, -0.15) is 0 Å². The first kappa shape index (κ1) is 27.7. The molecule has 4 rings (SSSR count). The third kappa shape index (κ3) is 6.11. The minimum absolute atomic E-state index is 0.0221. The first-order chi connectivity index (χ1) is 17.4. The van der Waals surface area contributed by atoms with E-state index in [0.717, 1.165) is 6.08 Å². The predicted molar refractivity (Wildman–Crippen MR) is 134 cm³/mol. The Kier molecular flexibility index (Phi) is 8.60. The van der Waals surface area contributed by atoms with Crippen molar-refractivity contribution in [3.05, 3.63) is 63.9 Å². The van der Waals surface area contributed by atoms with Crippen molar-refractivity contribution in [3.8, 4) is 5.75 Å². The lowest BCUT2D eigenvalue weighted by molar-refractivity contribution is -0.147. The molecule has 0 radical (unpaired) electrons. The number of carbonyl (C=O) groups excluding carboxylic acids is 5. The van der Waals surface area contributed by atoms with Gasteiger partial charge in [0.1, 0.15) is 18.0 Å². The van der Waals surface area contributed by atoms with Gasteiger partial charge in [-0.3, -0.25) is 19.2 Å². The van der Waals surface area contributed by atoms with Gasteiger partial charge in [-0.25, -0.2) is 4.79 Å². The Morgan fingerprint density at radius 1 is 1.08 bits per heavy atom. The number of hydrogen-bond donors (Lipinski definition) is 3. The number of aromatic hydroxyl groups is 1. The summed E-state index contributed by atoms with van der Waals surface area (Å²) in [5, 5.41) is 23.5. The zero-order chi connectivity index (χ0) is 27.4. The van der Waals surface area contributed by atoms with E-state index in [-0.39, 0.29) is 58.0 Å². The van der Waals surface area contributed by atoms with Crippen LogP contribution in [0, 0.1) is 12.8 Å². The van der Waals surface area contributed by atoms with Gasteiger partial charge in [-0.15, -0.1) is 0 Å². The number of phenolic OH excluding ortho intramolecular Hbond substituents is 1. The van der Waals surface area contributed by atoms with E-state index in [1.807, 2.05) is 6.92 Å². The molecule has 4 bridgehead atoms. The van der Waals surface area contributed by atoms with Crippen molar-refractivity contribution < 1.29 is 38.9 Å². The molecule has 2 aliphatic heterocycles. The summed E-state index contributed by atoms with van der Waals surface area (Å²) in [5.74, 6) is -3.67. The Bertz CT molecular complexity index is 1250. The van der Waals surface area contributed by atoms with Crippen LogP contribution in [0.4, 0.5) is 0 Å². The zero-order valence-corrected chi connectivity index (χ0v) is 21.3. The second-order valence-corrected chi connectivity index (χ2v) is 9.35. The first-order valence-electron chi connectivity index (χ1n) is 12.2. The Hall–Kier alpha value is -3.85. The third-order valence-corrected chi connectivity index (χ3v) is 6.59. The number of rotatable bonds is 1. The highest BCUT2D eigenvalue weighted by Gasteiger charge is 2.33. The molecule has 0 saturated carbocycles. The van der Waals surface area contributed by atoms with Crippen LogP contribution in [0.25, 0.3) is 0 Å². The molecule has 0 spiro atoms. The number of fused-ring (bicyclic) bond motifs is 13. The standard InChI is InChI=1S/C28H31NO8/c1-5-17-7-9-20(30)16(4)37-28(36)14(2)6-11-23(33)29-19-13-22(32)24-18(27(19)35)12-15(3)26(34)25(24)21(31)10-8-17/h6-7,9,12-13,16-17,20,30,34H,5,8,10-11H2,1-4H3,(H,29,33)/b9-7+,14-6+/t16-,17-,20-/m0/s1. The first-order valence-corrected chi connectivity index (χ1v) is 12.2. The van der Waals surface area contributed by atoms with Gasteiger partial charge in [0.05, 0.1) is 11.3 Å². The van der Waals surface area contributed by atoms with Crippen molar-refractivity contribution in [1.82, 2.24) is 5.32 Å². The average Bonchev–Trinajstić information content (AvgIpc) is 2.85. The molecule has 37 heavy (non-hydrogen) atoms. The maximum Gasteiger partial charge on any atom is 0.333 e. The Morgan fingerprint density at radius 2 is 1.78 bits per heavy atom. The second-order valence-electron chi connectivity index (χ2n) is 9.35. The minimum atomic E-state index is -1.09. The number of carbonyl (C=O) groups is 5. The van der Waals surface area contributed by atoms with Crippen LogP contribution in [0.1, 0.15) is 83.1 Å². The lowest BCUT2D eigenvalue weighted by Gasteiger charge is -2.21. The number of amides is 1. The number of aliphatic hydroxyl groups excluding tert-OH is 1. The maximum absolute atomic E-state index is 13.2. The average molecular weight is 510 g/mol. The Balaban J connectivity index is 2.06. The summed E-state index contributed by atoms with van der Waals surface area (Å²) >= 11 is 0. The van der Waals surface area contributed by atoms with Crippen LogP contribution in [0.3, 0.4) is 0 Å². The molecule has 9 heteroatoms. The molecule has 3 aliphatic rings. The van der Waals surface area contributed by atoms with E-state index in [4.69, 9.17) is 4.74 Å². The number of Topliss-reactive ketones (excluding diaryl/α,β-unsaturated/α-hetero) is 2. The van der Waals surface area contributed by atoms with Crippen LogP contribution in [-0.4, -0.2) is 51.6 Å². The lowest BCUT2D eigenvalue weighted by Crippen LogP contribution is -2.32. The Morgan fingerprint density at radius 3 is 2.46 bits per heavy atom. The van der Waals surface area contributed by atoms with Crippen molar-refractivity contribution in [1.29, 1.82) is 0 Å². The molecule has 1 aliphatic carbocycles. The molecule has 1 aromatic rings. The smallest absolute Gasteiger partial charge is 0.333 e. The van der Waals surface area contributed by atoms with Crippen molar-refractivity contribution in [3.63, 3.8) is 0 Å². The SMILES string of the molecule is CC[C@H]1/C=C/[C@H](O)[C@H](C)OC(=O)/C(C)=C/CC(=O)NC2=CC(=O)c3c(cc(C)c(O)c3C(=O)CC1)C2=O. The summed E-state index contributed by atoms with van der Waals surface area (Å²) in [4.78, 5) is 64.2. The molecule has 0 aromatic heterocycles. The van der Waals surface area contributed by atoms with Crippen molar-refractivity contribution in [2.45, 2.75) is 65.6 Å². The summed E-state index contributed by atoms with van der Waals surface area (Å²) in [7, 11) is 0. The summed E-state index contributed by atoms with van der Waals surface area (Å²) in [6.45, 7) is 6.43. The van der Waals surface area contributed by atoms with Gasteiger partial charge in [0.2, 0.25) is 11.7 Å². The number of ketones is 3. The van der Waals surface area contributed by atoms with Crippen LogP contribution < -0.4 is 5.32 Å². The number of phenols is 1. The fourth-order valence-electron chi connectivity index (χ4n) is 4.19.